The third-order valence-corrected chi connectivity index (χ3v) is 5.73. The summed E-state index contributed by atoms with van der Waals surface area (Å²) in [6, 6.07) is 12.6. The minimum absolute atomic E-state index is 0.907. The summed E-state index contributed by atoms with van der Waals surface area (Å²) in [6.07, 6.45) is 4.28. The predicted octanol–water partition coefficient (Wildman–Crippen LogP) is 1.42. The molecule has 2 aliphatic carbocycles. The van der Waals surface area contributed by atoms with Crippen molar-refractivity contribution in [3.63, 3.8) is 0 Å². The maximum atomic E-state index is 10.7. The summed E-state index contributed by atoms with van der Waals surface area (Å²) in [4.78, 5) is 0. The predicted molar refractivity (Wildman–Crippen MR) is 108 cm³/mol. The first-order valence-electron chi connectivity index (χ1n) is 9.09. The molecule has 0 amide bonds. The standard InChI is InChI=1S/C24H22O2/c1-23(2,25)19-11-17-13-7-5-6-8-14(13)18-12-20(24(3,4)26)16-10-9-15(19)21(17)22(16)18/h5-12,25-26H,1-4H3. The summed E-state index contributed by atoms with van der Waals surface area (Å²) in [7, 11) is 0. The van der Waals surface area contributed by atoms with Crippen molar-refractivity contribution in [3.05, 3.63) is 57.3 Å². The first kappa shape index (κ1) is 15.8. The van der Waals surface area contributed by atoms with Crippen molar-refractivity contribution < 1.29 is 10.2 Å². The fraction of sp³-hybridized carbons (Fsp3) is 0.250. The second-order valence-electron chi connectivity index (χ2n) is 8.52. The van der Waals surface area contributed by atoms with E-state index in [0.29, 0.717) is 0 Å². The molecule has 5 rings (SSSR count). The van der Waals surface area contributed by atoms with Crippen LogP contribution >= 0.6 is 0 Å². The molecule has 0 spiro atoms. The molecule has 0 saturated heterocycles. The highest BCUT2D eigenvalue weighted by molar-refractivity contribution is 6.12. The average Bonchev–Trinajstić information content (AvgIpc) is 3.12. The third-order valence-electron chi connectivity index (χ3n) is 5.73. The van der Waals surface area contributed by atoms with Crippen molar-refractivity contribution in [2.45, 2.75) is 38.9 Å². The molecule has 130 valence electrons. The van der Waals surface area contributed by atoms with E-state index in [4.69, 9.17) is 0 Å². The maximum Gasteiger partial charge on any atom is 0.0846 e. The third kappa shape index (κ3) is 1.89. The smallest absolute Gasteiger partial charge is 0.0846 e. The van der Waals surface area contributed by atoms with Gasteiger partial charge in [0.15, 0.2) is 0 Å². The molecule has 0 bridgehead atoms. The van der Waals surface area contributed by atoms with Crippen LogP contribution in [0.4, 0.5) is 0 Å². The fourth-order valence-corrected chi connectivity index (χ4v) is 4.59. The van der Waals surface area contributed by atoms with E-state index in [1.54, 1.807) is 0 Å². The van der Waals surface area contributed by atoms with E-state index in [2.05, 4.69) is 48.6 Å². The molecule has 2 aliphatic rings. The lowest BCUT2D eigenvalue weighted by Crippen LogP contribution is -2.28. The zero-order valence-electron chi connectivity index (χ0n) is 15.5. The molecule has 0 unspecified atom stereocenters. The number of fused-ring (bicyclic) bond motifs is 3. The zero-order valence-corrected chi connectivity index (χ0v) is 15.5. The molecular formula is C24H22O2. The zero-order chi connectivity index (χ0) is 18.4. The Bertz CT molecular complexity index is 1270. The van der Waals surface area contributed by atoms with Crippen LogP contribution in [0.25, 0.3) is 44.8 Å². The van der Waals surface area contributed by atoms with Gasteiger partial charge in [-0.1, -0.05) is 36.4 Å². The quantitative estimate of drug-likeness (QED) is 0.692. The summed E-state index contributed by atoms with van der Waals surface area (Å²) in [5.74, 6) is 0. The monoisotopic (exact) mass is 342 g/mol. The van der Waals surface area contributed by atoms with Crippen LogP contribution in [0.15, 0.2) is 36.4 Å². The number of hydrogen-bond donors (Lipinski definition) is 2. The number of benzene rings is 3. The highest BCUT2D eigenvalue weighted by Crippen LogP contribution is 2.26. The Morgan fingerprint density at radius 1 is 0.615 bits per heavy atom. The molecule has 3 aromatic carbocycles. The highest BCUT2D eigenvalue weighted by Gasteiger charge is 2.27. The van der Waals surface area contributed by atoms with Crippen molar-refractivity contribution >= 4 is 44.8 Å². The maximum absolute atomic E-state index is 10.7. The van der Waals surface area contributed by atoms with Gasteiger partial charge in [-0.05, 0) is 93.4 Å². The lowest BCUT2D eigenvalue weighted by Gasteiger charge is -2.18. The molecule has 0 atom stereocenters. The molecule has 0 aromatic heterocycles. The first-order chi connectivity index (χ1) is 12.2. The fourth-order valence-electron chi connectivity index (χ4n) is 4.59. The van der Waals surface area contributed by atoms with Crippen LogP contribution in [0.3, 0.4) is 0 Å². The lowest BCUT2D eigenvalue weighted by molar-refractivity contribution is 0.144. The molecule has 2 N–H and O–H groups in total. The minimum Gasteiger partial charge on any atom is -0.386 e. The van der Waals surface area contributed by atoms with E-state index in [9.17, 15) is 10.2 Å². The molecule has 0 fully saturated rings. The second kappa shape index (κ2) is 4.64. The van der Waals surface area contributed by atoms with Gasteiger partial charge in [-0.15, -0.1) is 0 Å². The van der Waals surface area contributed by atoms with Crippen molar-refractivity contribution in [3.8, 4) is 0 Å². The Hall–Kier alpha value is -2.42. The van der Waals surface area contributed by atoms with Crippen LogP contribution in [0.5, 0.6) is 0 Å². The lowest BCUT2D eigenvalue weighted by atomic mass is 9.95. The van der Waals surface area contributed by atoms with Crippen molar-refractivity contribution in [1.29, 1.82) is 0 Å². The Labute approximate surface area is 151 Å². The normalized spacial score (nSPS) is 15.8. The van der Waals surface area contributed by atoms with E-state index < -0.39 is 11.2 Å². The second-order valence-corrected chi connectivity index (χ2v) is 8.52. The molecule has 0 saturated carbocycles. The Kier molecular flexibility index (Phi) is 2.82. The van der Waals surface area contributed by atoms with E-state index in [-0.39, 0.29) is 0 Å². The average molecular weight is 342 g/mol. The Morgan fingerprint density at radius 3 is 1.35 bits per heavy atom. The summed E-state index contributed by atoms with van der Waals surface area (Å²) < 4.78 is 0. The van der Waals surface area contributed by atoms with Crippen LogP contribution in [-0.2, 0) is 0 Å². The largest absolute Gasteiger partial charge is 0.386 e. The summed E-state index contributed by atoms with van der Waals surface area (Å²) in [5, 5.41) is 30.8. The van der Waals surface area contributed by atoms with E-state index in [1.165, 1.54) is 32.0 Å². The highest BCUT2D eigenvalue weighted by atomic mass is 16.3. The van der Waals surface area contributed by atoms with Gasteiger partial charge in [0.05, 0.1) is 11.2 Å². The van der Waals surface area contributed by atoms with Gasteiger partial charge < -0.3 is 10.2 Å². The Balaban J connectivity index is 2.16. The molecule has 2 nitrogen and oxygen atoms in total. The molecule has 3 aromatic rings. The van der Waals surface area contributed by atoms with Gasteiger partial charge in [0.2, 0.25) is 0 Å². The number of aliphatic hydroxyl groups is 2. The van der Waals surface area contributed by atoms with Crippen LogP contribution in [0, 0.1) is 0 Å². The molecule has 2 heteroatoms. The first-order valence-corrected chi connectivity index (χ1v) is 9.09. The van der Waals surface area contributed by atoms with Crippen molar-refractivity contribution in [2.75, 3.05) is 0 Å². The van der Waals surface area contributed by atoms with Crippen LogP contribution < -0.4 is 20.9 Å². The molecule has 26 heavy (non-hydrogen) atoms. The topological polar surface area (TPSA) is 40.5 Å². The number of rotatable bonds is 2. The summed E-state index contributed by atoms with van der Waals surface area (Å²) in [6.45, 7) is 7.36. The van der Waals surface area contributed by atoms with Gasteiger partial charge in [0.25, 0.3) is 0 Å². The molecule has 0 radical (unpaired) electrons. The summed E-state index contributed by atoms with van der Waals surface area (Å²) >= 11 is 0. The molecule has 0 aliphatic heterocycles. The van der Waals surface area contributed by atoms with Gasteiger partial charge >= 0.3 is 0 Å². The van der Waals surface area contributed by atoms with Crippen LogP contribution in [0.1, 0.15) is 27.7 Å². The Morgan fingerprint density at radius 2 is 1.00 bits per heavy atom. The van der Waals surface area contributed by atoms with Crippen LogP contribution in [0.2, 0.25) is 0 Å². The van der Waals surface area contributed by atoms with E-state index in [0.717, 1.165) is 21.6 Å². The van der Waals surface area contributed by atoms with Crippen LogP contribution in [-0.4, -0.2) is 21.4 Å². The SMILES string of the molecule is CC(C)(O)C1=c2ccc3c4c(c5ccccc5c(c24)=C1)=CC=3C(C)(C)O. The van der Waals surface area contributed by atoms with Gasteiger partial charge in [-0.3, -0.25) is 0 Å². The minimum atomic E-state index is -0.907. The molecular weight excluding hydrogens is 320 g/mol. The molecule has 0 heterocycles. The van der Waals surface area contributed by atoms with Gasteiger partial charge in [0, 0.05) is 0 Å². The van der Waals surface area contributed by atoms with Gasteiger partial charge in [-0.2, -0.15) is 0 Å². The van der Waals surface area contributed by atoms with Gasteiger partial charge in [-0.25, -0.2) is 0 Å². The number of hydrogen-bond acceptors (Lipinski definition) is 2. The van der Waals surface area contributed by atoms with Crippen molar-refractivity contribution in [2.24, 2.45) is 0 Å². The van der Waals surface area contributed by atoms with Crippen molar-refractivity contribution in [1.82, 2.24) is 0 Å². The van der Waals surface area contributed by atoms with Gasteiger partial charge in [0.1, 0.15) is 0 Å². The van der Waals surface area contributed by atoms with E-state index in [1.807, 2.05) is 27.7 Å². The summed E-state index contributed by atoms with van der Waals surface area (Å²) in [5.41, 5.74) is 0.0982. The van der Waals surface area contributed by atoms with E-state index >= 15 is 0 Å².